The Morgan fingerprint density at radius 2 is 0.882 bits per heavy atom. The van der Waals surface area contributed by atoms with Crippen molar-refractivity contribution in [2.45, 2.75) is 258 Å². The summed E-state index contributed by atoms with van der Waals surface area (Å²) in [4.78, 5) is 77.6. The zero-order valence-electron chi connectivity index (χ0n) is 49.4. The van der Waals surface area contributed by atoms with Gasteiger partial charge in [-0.3, -0.25) is 19.2 Å². The topological polar surface area (TPSA) is 204 Å². The predicted molar refractivity (Wildman–Crippen MR) is 302 cm³/mol. The highest BCUT2D eigenvalue weighted by Crippen LogP contribution is 2.18. The maximum Gasteiger partial charge on any atom is 0.366 e. The number of likely N-dealkylation sites (N-methyl/N-ethyl adjacent to an activating group) is 2. The van der Waals surface area contributed by atoms with Crippen LogP contribution in [0.3, 0.4) is 0 Å². The van der Waals surface area contributed by atoms with Crippen LogP contribution in [0.15, 0.2) is 24.3 Å². The second kappa shape index (κ2) is 47.2. The van der Waals surface area contributed by atoms with Gasteiger partial charge in [-0.2, -0.15) is 0 Å². The number of nitrogens with one attached hydrogen (secondary N) is 2. The normalized spacial score (nSPS) is 13.6. The SMILES string of the molecule is CCCCCC(OC(=O)C[N+](C)(C)CCOC(C)=O)C(O)C/C=C\CCCCCCCC(=O)NCCCCCCCCCCNC(=O)CCCCCCC/C=C\CC(O)C(CCCCC)OC(=O)C[N+](C)(C)OC(C)=O. The number of rotatable bonds is 51. The second-order valence-electron chi connectivity index (χ2n) is 22.2. The number of aliphatic hydroxyl groups excluding tert-OH is 2. The summed E-state index contributed by atoms with van der Waals surface area (Å²) in [5, 5.41) is 27.9. The Hall–Kier alpha value is -3.86. The van der Waals surface area contributed by atoms with Gasteiger partial charge in [0.1, 0.15) is 39.5 Å². The summed E-state index contributed by atoms with van der Waals surface area (Å²) in [6.45, 7) is 9.09. The number of hydroxylamine groups is 3. The number of allylic oxidation sites excluding steroid dienone is 2. The number of unbranched alkanes of at least 4 members (excludes halogenated alkanes) is 21. The third-order valence-electron chi connectivity index (χ3n) is 13.4. The number of carbonyl (C=O) groups is 6. The first-order valence-corrected chi connectivity index (χ1v) is 29.9. The number of hydrogen-bond acceptors (Lipinski definition) is 12. The Kier molecular flexibility index (Phi) is 44.8. The van der Waals surface area contributed by atoms with Crippen molar-refractivity contribution in [2.24, 2.45) is 0 Å². The highest BCUT2D eigenvalue weighted by atomic mass is 16.7. The van der Waals surface area contributed by atoms with E-state index in [0.717, 1.165) is 154 Å². The van der Waals surface area contributed by atoms with Crippen LogP contribution in [-0.4, -0.2) is 147 Å². The Bertz CT molecular complexity index is 1590. The third-order valence-corrected chi connectivity index (χ3v) is 13.4. The van der Waals surface area contributed by atoms with Gasteiger partial charge in [-0.15, -0.1) is 4.65 Å². The lowest BCUT2D eigenvalue weighted by Gasteiger charge is -2.30. The minimum atomic E-state index is -0.798. The zero-order valence-corrected chi connectivity index (χ0v) is 49.4. The minimum Gasteiger partial charge on any atom is -0.460 e. The molecule has 16 nitrogen and oxygen atoms in total. The summed E-state index contributed by atoms with van der Waals surface area (Å²) in [5.41, 5.74) is 0. The molecule has 0 bridgehead atoms. The summed E-state index contributed by atoms with van der Waals surface area (Å²) in [6, 6.07) is 0. The van der Waals surface area contributed by atoms with Gasteiger partial charge in [-0.25, -0.2) is 14.4 Å². The van der Waals surface area contributed by atoms with Crippen LogP contribution in [0.25, 0.3) is 0 Å². The Morgan fingerprint density at radius 1 is 0.487 bits per heavy atom. The van der Waals surface area contributed by atoms with E-state index < -0.39 is 36.4 Å². The van der Waals surface area contributed by atoms with Crippen LogP contribution >= 0.6 is 0 Å². The molecule has 0 spiro atoms. The molecule has 0 aromatic carbocycles. The Labute approximate surface area is 461 Å². The quantitative estimate of drug-likeness (QED) is 0.0112. The molecule has 2 amide bonds. The smallest absolute Gasteiger partial charge is 0.366 e. The van der Waals surface area contributed by atoms with Crippen LogP contribution in [0, 0.1) is 0 Å². The predicted octanol–water partition coefficient (Wildman–Crippen LogP) is 10.6. The van der Waals surface area contributed by atoms with E-state index in [9.17, 15) is 39.0 Å². The average Bonchev–Trinajstić information content (AvgIpc) is 3.33. The first kappa shape index (κ1) is 72.1. The first-order valence-electron chi connectivity index (χ1n) is 29.9. The molecule has 16 heteroatoms. The van der Waals surface area contributed by atoms with Gasteiger partial charge in [0.25, 0.3) is 0 Å². The lowest BCUT2D eigenvalue weighted by atomic mass is 10.0. The Morgan fingerprint density at radius 3 is 1.29 bits per heavy atom. The van der Waals surface area contributed by atoms with Crippen LogP contribution < -0.4 is 10.6 Å². The number of ether oxygens (including phenoxy) is 3. The van der Waals surface area contributed by atoms with E-state index >= 15 is 0 Å². The molecule has 4 unspecified atom stereocenters. The number of nitrogens with zero attached hydrogens (tertiary/aromatic N) is 2. The van der Waals surface area contributed by atoms with E-state index in [0.29, 0.717) is 49.6 Å². The maximum atomic E-state index is 12.8. The largest absolute Gasteiger partial charge is 0.460 e. The maximum absolute atomic E-state index is 12.8. The molecule has 0 aliphatic carbocycles. The average molecular weight is 1080 g/mol. The summed E-state index contributed by atoms with van der Waals surface area (Å²) in [7, 11) is 6.99. The first-order chi connectivity index (χ1) is 36.3. The summed E-state index contributed by atoms with van der Waals surface area (Å²) < 4.78 is 16.5. The van der Waals surface area contributed by atoms with E-state index in [1.807, 2.05) is 26.2 Å². The number of amides is 2. The van der Waals surface area contributed by atoms with Crippen molar-refractivity contribution in [1.29, 1.82) is 0 Å². The standard InChI is InChI=1S/C60H110N4O12/c1-9-11-31-41-55(74-59(71)49-63(5,6)47-48-73-51(3)65)53(67)39-33-25-19-13-15-21-27-35-43-57(69)61-45-37-29-23-17-18-24-30-38-46-62-58(70)44-36-28-22-16-14-20-26-34-40-54(68)56(42-32-12-10-2)75-60(72)50-64(7,8)76-52(4)66/h25-26,33-34,53-56,67-68H,9-24,27-32,35-50H2,1-8H3/p+2/b33-25-,34-26-. The molecule has 0 saturated carbocycles. The molecule has 0 heterocycles. The molecule has 0 radical (unpaired) electrons. The fourth-order valence-electron chi connectivity index (χ4n) is 8.93. The van der Waals surface area contributed by atoms with Crippen molar-refractivity contribution in [2.75, 3.05) is 67.5 Å². The van der Waals surface area contributed by atoms with Gasteiger partial charge >= 0.3 is 23.9 Å². The molecule has 0 aliphatic heterocycles. The molecule has 4 N–H and O–H groups in total. The molecule has 0 aromatic heterocycles. The highest BCUT2D eigenvalue weighted by molar-refractivity contribution is 5.76. The molecular weight excluding hydrogens is 969 g/mol. The van der Waals surface area contributed by atoms with Crippen LogP contribution in [0.4, 0.5) is 0 Å². The van der Waals surface area contributed by atoms with Crippen LogP contribution in [-0.2, 0) is 47.8 Å². The van der Waals surface area contributed by atoms with Gasteiger partial charge in [-0.1, -0.05) is 141 Å². The van der Waals surface area contributed by atoms with Gasteiger partial charge in [0.15, 0.2) is 6.54 Å². The molecule has 4 atom stereocenters. The molecule has 0 aromatic rings. The van der Waals surface area contributed by atoms with Crippen molar-refractivity contribution in [1.82, 2.24) is 10.6 Å². The zero-order chi connectivity index (χ0) is 56.7. The van der Waals surface area contributed by atoms with E-state index in [-0.39, 0.29) is 48.1 Å². The number of hydrogen-bond donors (Lipinski definition) is 4. The minimum absolute atomic E-state index is 0.132. The highest BCUT2D eigenvalue weighted by Gasteiger charge is 2.30. The van der Waals surface area contributed by atoms with Crippen molar-refractivity contribution >= 4 is 35.7 Å². The van der Waals surface area contributed by atoms with Crippen molar-refractivity contribution in [3.05, 3.63) is 24.3 Å². The fraction of sp³-hybridized carbons (Fsp3) is 0.833. The van der Waals surface area contributed by atoms with Gasteiger partial charge in [0, 0.05) is 39.8 Å². The van der Waals surface area contributed by atoms with Crippen LogP contribution in [0.5, 0.6) is 0 Å². The van der Waals surface area contributed by atoms with Crippen molar-refractivity contribution in [3.63, 3.8) is 0 Å². The monoisotopic (exact) mass is 1080 g/mol. The number of esters is 3. The lowest BCUT2D eigenvalue weighted by molar-refractivity contribution is -1.05. The van der Waals surface area contributed by atoms with Gasteiger partial charge in [0.2, 0.25) is 18.4 Å². The third kappa shape index (κ3) is 46.3. The molecule has 76 heavy (non-hydrogen) atoms. The summed E-state index contributed by atoms with van der Waals surface area (Å²) in [5.74, 6) is -1.40. The number of carbonyl (C=O) groups excluding carboxylic acids is 6. The van der Waals surface area contributed by atoms with Crippen molar-refractivity contribution in [3.8, 4) is 0 Å². The molecular formula is C60H112N4O12+2. The number of aliphatic hydroxyl groups is 2. The van der Waals surface area contributed by atoms with Gasteiger partial charge < -0.3 is 39.5 Å². The van der Waals surface area contributed by atoms with E-state index in [1.54, 1.807) is 14.1 Å². The van der Waals surface area contributed by atoms with Gasteiger partial charge in [0.05, 0.1) is 26.3 Å². The summed E-state index contributed by atoms with van der Waals surface area (Å²) in [6.07, 6.45) is 35.7. The molecule has 0 saturated heterocycles. The summed E-state index contributed by atoms with van der Waals surface area (Å²) >= 11 is 0. The second-order valence-corrected chi connectivity index (χ2v) is 22.2. The molecule has 442 valence electrons. The van der Waals surface area contributed by atoms with Crippen LogP contribution in [0.1, 0.15) is 233 Å². The Balaban J connectivity index is 3.88. The molecule has 0 aliphatic rings. The van der Waals surface area contributed by atoms with E-state index in [4.69, 9.17) is 19.0 Å². The number of quaternary nitrogens is 2. The lowest BCUT2D eigenvalue weighted by Crippen LogP contribution is -2.47. The van der Waals surface area contributed by atoms with E-state index in [1.165, 1.54) is 39.5 Å². The molecule has 0 rings (SSSR count). The van der Waals surface area contributed by atoms with Crippen molar-refractivity contribution < 1.29 is 67.2 Å². The van der Waals surface area contributed by atoms with Gasteiger partial charge in [-0.05, 0) is 89.9 Å². The molecule has 0 fully saturated rings. The fourth-order valence-corrected chi connectivity index (χ4v) is 8.93. The van der Waals surface area contributed by atoms with E-state index in [2.05, 4.69) is 36.6 Å². The van der Waals surface area contributed by atoms with Crippen LogP contribution in [0.2, 0.25) is 0 Å².